The van der Waals surface area contributed by atoms with Crippen LogP contribution in [0.25, 0.3) is 0 Å². The average molecular weight is 338 g/mol. The van der Waals surface area contributed by atoms with E-state index in [0.29, 0.717) is 0 Å². The van der Waals surface area contributed by atoms with Gasteiger partial charge in [-0.1, -0.05) is 11.6 Å². The number of carbonyl (C=O) groups is 2. The second kappa shape index (κ2) is 6.93. The number of non-ortho nitro benzene ring substituents is 1. The predicted molar refractivity (Wildman–Crippen MR) is 82.4 cm³/mol. The third-order valence-corrected chi connectivity index (χ3v) is 3.22. The van der Waals surface area contributed by atoms with Crippen LogP contribution in [-0.4, -0.2) is 22.8 Å². The monoisotopic (exact) mass is 337 g/mol. The zero-order valence-corrected chi connectivity index (χ0v) is 12.7. The van der Waals surface area contributed by atoms with Crippen molar-refractivity contribution in [2.24, 2.45) is 0 Å². The molecule has 2 rings (SSSR count). The van der Waals surface area contributed by atoms with Crippen molar-refractivity contribution in [1.29, 1.82) is 0 Å². The molecule has 2 aromatic rings. The molecular formula is C14H12ClN3O5. The number of hydrogen-bond acceptors (Lipinski definition) is 5. The lowest BCUT2D eigenvalue weighted by Gasteiger charge is -2.14. The summed E-state index contributed by atoms with van der Waals surface area (Å²) in [7, 11) is 0. The Morgan fingerprint density at radius 3 is 2.65 bits per heavy atom. The summed E-state index contributed by atoms with van der Waals surface area (Å²) in [6.07, 6.45) is 1.34. The first-order valence-electron chi connectivity index (χ1n) is 6.47. The fraction of sp³-hybridized carbons (Fsp3) is 0.143. The maximum absolute atomic E-state index is 12.0. The molecule has 1 aromatic carbocycles. The number of hydrogen-bond donors (Lipinski definition) is 2. The van der Waals surface area contributed by atoms with Crippen molar-refractivity contribution >= 4 is 34.8 Å². The zero-order chi connectivity index (χ0) is 17.0. The van der Waals surface area contributed by atoms with Gasteiger partial charge < -0.3 is 15.1 Å². The van der Waals surface area contributed by atoms with E-state index in [2.05, 4.69) is 10.6 Å². The largest absolute Gasteiger partial charge is 0.459 e. The number of anilines is 1. The maximum Gasteiger partial charge on any atom is 0.287 e. The second-order valence-corrected chi connectivity index (χ2v) is 4.99. The van der Waals surface area contributed by atoms with Crippen molar-refractivity contribution in [1.82, 2.24) is 5.32 Å². The van der Waals surface area contributed by atoms with Crippen molar-refractivity contribution in [3.05, 3.63) is 57.5 Å². The Kier molecular flexibility index (Phi) is 4.97. The van der Waals surface area contributed by atoms with Gasteiger partial charge in [0.2, 0.25) is 5.91 Å². The number of nitro groups is 1. The van der Waals surface area contributed by atoms with Gasteiger partial charge in [0.15, 0.2) is 5.76 Å². The van der Waals surface area contributed by atoms with Crippen LogP contribution in [0.3, 0.4) is 0 Å². The first kappa shape index (κ1) is 16.5. The van der Waals surface area contributed by atoms with Crippen molar-refractivity contribution < 1.29 is 18.9 Å². The number of amides is 2. The molecule has 8 nitrogen and oxygen atoms in total. The van der Waals surface area contributed by atoms with E-state index in [1.807, 2.05) is 0 Å². The third kappa shape index (κ3) is 4.07. The summed E-state index contributed by atoms with van der Waals surface area (Å²) in [6, 6.07) is 5.82. The first-order chi connectivity index (χ1) is 10.9. The van der Waals surface area contributed by atoms with Crippen molar-refractivity contribution in [2.45, 2.75) is 13.0 Å². The molecule has 0 aliphatic carbocycles. The van der Waals surface area contributed by atoms with Crippen molar-refractivity contribution in [3.63, 3.8) is 0 Å². The van der Waals surface area contributed by atoms with E-state index in [1.54, 1.807) is 6.07 Å². The molecule has 120 valence electrons. The van der Waals surface area contributed by atoms with E-state index < -0.39 is 22.8 Å². The smallest absolute Gasteiger partial charge is 0.287 e. The number of nitrogens with one attached hydrogen (secondary N) is 2. The molecule has 1 aromatic heterocycles. The zero-order valence-electron chi connectivity index (χ0n) is 11.9. The number of benzene rings is 1. The predicted octanol–water partition coefficient (Wildman–Crippen LogP) is 2.60. The van der Waals surface area contributed by atoms with Crippen LogP contribution in [0.1, 0.15) is 17.5 Å². The van der Waals surface area contributed by atoms with E-state index in [-0.39, 0.29) is 22.2 Å². The number of furan rings is 1. The molecule has 0 bridgehead atoms. The van der Waals surface area contributed by atoms with Crippen LogP contribution < -0.4 is 10.6 Å². The highest BCUT2D eigenvalue weighted by Gasteiger charge is 2.19. The number of carbonyl (C=O) groups excluding carboxylic acids is 2. The summed E-state index contributed by atoms with van der Waals surface area (Å²) in [4.78, 5) is 33.9. The van der Waals surface area contributed by atoms with Gasteiger partial charge in [-0.15, -0.1) is 0 Å². The highest BCUT2D eigenvalue weighted by Crippen LogP contribution is 2.26. The molecule has 23 heavy (non-hydrogen) atoms. The molecule has 0 aliphatic heterocycles. The molecule has 0 saturated heterocycles. The molecule has 9 heteroatoms. The number of nitro benzene ring substituents is 1. The molecule has 0 unspecified atom stereocenters. The lowest BCUT2D eigenvalue weighted by atomic mass is 10.2. The Labute approximate surface area is 135 Å². The van der Waals surface area contributed by atoms with E-state index in [1.165, 1.54) is 31.4 Å². The molecule has 1 heterocycles. The lowest BCUT2D eigenvalue weighted by molar-refractivity contribution is -0.384. The molecule has 0 spiro atoms. The second-order valence-electron chi connectivity index (χ2n) is 4.58. The van der Waals surface area contributed by atoms with Crippen LogP contribution in [-0.2, 0) is 4.79 Å². The Bertz CT molecular complexity index is 745. The summed E-state index contributed by atoms with van der Waals surface area (Å²) in [5.41, 5.74) is 0.0218. The lowest BCUT2D eigenvalue weighted by Crippen LogP contribution is -2.41. The molecule has 2 N–H and O–H groups in total. The van der Waals surface area contributed by atoms with Gasteiger partial charge >= 0.3 is 0 Å². The van der Waals surface area contributed by atoms with Gasteiger partial charge in [-0.05, 0) is 25.1 Å². The molecule has 0 radical (unpaired) electrons. The molecule has 0 fully saturated rings. The van der Waals surface area contributed by atoms with Gasteiger partial charge in [0.25, 0.3) is 11.6 Å². The number of halogens is 1. The van der Waals surface area contributed by atoms with Crippen LogP contribution in [0.5, 0.6) is 0 Å². The van der Waals surface area contributed by atoms with Gasteiger partial charge in [-0.3, -0.25) is 19.7 Å². The summed E-state index contributed by atoms with van der Waals surface area (Å²) in [5.74, 6) is -0.980. The van der Waals surface area contributed by atoms with Crippen LogP contribution in [0.2, 0.25) is 5.02 Å². The Balaban J connectivity index is 2.01. The number of nitrogens with zero attached hydrogens (tertiary/aromatic N) is 1. The average Bonchev–Trinajstić information content (AvgIpc) is 3.03. The third-order valence-electron chi connectivity index (χ3n) is 2.91. The minimum absolute atomic E-state index is 0.0251. The standard InChI is InChI=1S/C14H12ClN3O5/c1-8(16-14(20)12-3-2-6-23-12)13(19)17-11-5-4-9(18(21)22)7-10(11)15/h2-8H,1H3,(H,16,20)(H,17,19)/t8-/m1/s1. The molecule has 0 aliphatic rings. The summed E-state index contributed by atoms with van der Waals surface area (Å²) < 4.78 is 4.92. The minimum Gasteiger partial charge on any atom is -0.459 e. The first-order valence-corrected chi connectivity index (χ1v) is 6.85. The fourth-order valence-electron chi connectivity index (χ4n) is 1.70. The van der Waals surface area contributed by atoms with Crippen LogP contribution >= 0.6 is 11.6 Å². The van der Waals surface area contributed by atoms with Crippen LogP contribution in [0.4, 0.5) is 11.4 Å². The molecule has 0 saturated carbocycles. The highest BCUT2D eigenvalue weighted by atomic mass is 35.5. The highest BCUT2D eigenvalue weighted by molar-refractivity contribution is 6.34. The SMILES string of the molecule is C[C@@H](NC(=O)c1ccco1)C(=O)Nc1ccc([N+](=O)[O-])cc1Cl. The van der Waals surface area contributed by atoms with E-state index >= 15 is 0 Å². The minimum atomic E-state index is -0.862. The van der Waals surface area contributed by atoms with Gasteiger partial charge in [0, 0.05) is 12.1 Å². The summed E-state index contributed by atoms with van der Waals surface area (Å²) in [5, 5.41) is 15.6. The molecule has 1 atom stereocenters. The van der Waals surface area contributed by atoms with E-state index in [9.17, 15) is 19.7 Å². The fourth-order valence-corrected chi connectivity index (χ4v) is 1.92. The topological polar surface area (TPSA) is 114 Å². The van der Waals surface area contributed by atoms with E-state index in [0.717, 1.165) is 6.07 Å². The Hall–Kier alpha value is -2.87. The van der Waals surface area contributed by atoms with Gasteiger partial charge in [-0.2, -0.15) is 0 Å². The Morgan fingerprint density at radius 2 is 2.09 bits per heavy atom. The quantitative estimate of drug-likeness (QED) is 0.642. The van der Waals surface area contributed by atoms with Crippen molar-refractivity contribution in [2.75, 3.05) is 5.32 Å². The normalized spacial score (nSPS) is 11.6. The van der Waals surface area contributed by atoms with Gasteiger partial charge in [-0.25, -0.2) is 0 Å². The summed E-state index contributed by atoms with van der Waals surface area (Å²) >= 11 is 5.89. The maximum atomic E-state index is 12.0. The van der Waals surface area contributed by atoms with Crippen LogP contribution in [0.15, 0.2) is 41.0 Å². The van der Waals surface area contributed by atoms with Gasteiger partial charge in [0.1, 0.15) is 6.04 Å². The summed E-state index contributed by atoms with van der Waals surface area (Å²) in [6.45, 7) is 1.48. The molecular weight excluding hydrogens is 326 g/mol. The van der Waals surface area contributed by atoms with Crippen molar-refractivity contribution in [3.8, 4) is 0 Å². The van der Waals surface area contributed by atoms with E-state index in [4.69, 9.17) is 16.0 Å². The Morgan fingerprint density at radius 1 is 1.35 bits per heavy atom. The number of rotatable bonds is 5. The molecule has 2 amide bonds. The van der Waals surface area contributed by atoms with Crippen LogP contribution in [0, 0.1) is 10.1 Å². The van der Waals surface area contributed by atoms with Gasteiger partial charge in [0.05, 0.1) is 21.9 Å².